The van der Waals surface area contributed by atoms with E-state index in [1.807, 2.05) is 54.6 Å². The van der Waals surface area contributed by atoms with Crippen molar-refractivity contribution < 1.29 is 9.53 Å². The van der Waals surface area contributed by atoms with Gasteiger partial charge in [-0.05, 0) is 23.3 Å². The summed E-state index contributed by atoms with van der Waals surface area (Å²) >= 11 is 6.06. The number of amides is 1. The molecule has 1 atom stereocenters. The lowest BCUT2D eigenvalue weighted by atomic mass is 9.84. The van der Waals surface area contributed by atoms with E-state index in [1.165, 1.54) is 0 Å². The maximum absolute atomic E-state index is 12.5. The van der Waals surface area contributed by atoms with Gasteiger partial charge in [0.25, 0.3) is 5.91 Å². The normalized spacial score (nSPS) is 12.7. The van der Waals surface area contributed by atoms with E-state index in [4.69, 9.17) is 16.3 Å². The van der Waals surface area contributed by atoms with Crippen LogP contribution in [0.5, 0.6) is 0 Å². The molecule has 0 radical (unpaired) electrons. The van der Waals surface area contributed by atoms with E-state index < -0.39 is 6.10 Å². The first-order valence-corrected chi connectivity index (χ1v) is 7.93. The van der Waals surface area contributed by atoms with Crippen molar-refractivity contribution in [3.63, 3.8) is 0 Å². The molecular formula is C19H22ClNO2. The zero-order chi connectivity index (χ0) is 16.9. The molecule has 2 rings (SSSR count). The fourth-order valence-corrected chi connectivity index (χ4v) is 2.62. The molecule has 0 unspecified atom stereocenters. The Morgan fingerprint density at radius 3 is 2.48 bits per heavy atom. The second-order valence-electron chi connectivity index (χ2n) is 6.14. The third-order valence-corrected chi connectivity index (χ3v) is 4.12. The Morgan fingerprint density at radius 1 is 1.17 bits per heavy atom. The first-order valence-electron chi connectivity index (χ1n) is 7.55. The van der Waals surface area contributed by atoms with E-state index >= 15 is 0 Å². The number of benzene rings is 2. The van der Waals surface area contributed by atoms with Crippen LogP contribution in [-0.4, -0.2) is 19.6 Å². The molecular weight excluding hydrogens is 310 g/mol. The number of methoxy groups -OCH3 is 1. The van der Waals surface area contributed by atoms with Gasteiger partial charge >= 0.3 is 0 Å². The summed E-state index contributed by atoms with van der Waals surface area (Å²) in [5.41, 5.74) is 1.70. The fraction of sp³-hybridized carbons (Fsp3) is 0.316. The Kier molecular flexibility index (Phi) is 5.80. The van der Waals surface area contributed by atoms with Gasteiger partial charge in [-0.1, -0.05) is 67.9 Å². The van der Waals surface area contributed by atoms with Crippen molar-refractivity contribution in [3.05, 3.63) is 70.7 Å². The number of carbonyl (C=O) groups excluding carboxylic acids is 1. The van der Waals surface area contributed by atoms with Crippen molar-refractivity contribution in [1.82, 2.24) is 5.32 Å². The number of nitrogens with one attached hydrogen (secondary N) is 1. The van der Waals surface area contributed by atoms with Crippen molar-refractivity contribution in [2.24, 2.45) is 0 Å². The molecule has 0 aliphatic carbocycles. The Balaban J connectivity index is 2.05. The van der Waals surface area contributed by atoms with Crippen LogP contribution in [0.4, 0.5) is 0 Å². The lowest BCUT2D eigenvalue weighted by Crippen LogP contribution is -2.39. The molecule has 122 valence electrons. The summed E-state index contributed by atoms with van der Waals surface area (Å²) in [7, 11) is 1.54. The molecule has 0 spiro atoms. The Labute approximate surface area is 142 Å². The molecule has 0 aliphatic heterocycles. The molecule has 0 fully saturated rings. The van der Waals surface area contributed by atoms with Gasteiger partial charge in [0.2, 0.25) is 0 Å². The van der Waals surface area contributed by atoms with Crippen molar-refractivity contribution in [2.45, 2.75) is 25.4 Å². The quantitative estimate of drug-likeness (QED) is 0.864. The van der Waals surface area contributed by atoms with Crippen LogP contribution in [-0.2, 0) is 14.9 Å². The minimum Gasteiger partial charge on any atom is -0.367 e. The molecule has 0 saturated carbocycles. The monoisotopic (exact) mass is 331 g/mol. The smallest absolute Gasteiger partial charge is 0.253 e. The van der Waals surface area contributed by atoms with Gasteiger partial charge in [0.15, 0.2) is 6.10 Å². The summed E-state index contributed by atoms with van der Waals surface area (Å²) in [6.45, 7) is 4.64. The summed E-state index contributed by atoms with van der Waals surface area (Å²) in [6, 6.07) is 17.2. The average Bonchev–Trinajstić information content (AvgIpc) is 2.55. The van der Waals surface area contributed by atoms with Gasteiger partial charge in [-0.25, -0.2) is 0 Å². The van der Waals surface area contributed by atoms with Crippen LogP contribution >= 0.6 is 11.6 Å². The molecule has 2 aromatic rings. The summed E-state index contributed by atoms with van der Waals surface area (Å²) in [4.78, 5) is 12.5. The first kappa shape index (κ1) is 17.5. The third-order valence-electron chi connectivity index (χ3n) is 3.89. The van der Waals surface area contributed by atoms with Gasteiger partial charge in [0.05, 0.1) is 0 Å². The Morgan fingerprint density at radius 2 is 1.87 bits per heavy atom. The molecule has 0 aromatic heterocycles. The molecule has 1 N–H and O–H groups in total. The molecule has 23 heavy (non-hydrogen) atoms. The van der Waals surface area contributed by atoms with Crippen LogP contribution in [0.2, 0.25) is 5.02 Å². The molecule has 3 nitrogen and oxygen atoms in total. The zero-order valence-electron chi connectivity index (χ0n) is 13.7. The van der Waals surface area contributed by atoms with Crippen molar-refractivity contribution in [1.29, 1.82) is 0 Å². The number of halogens is 1. The molecule has 1 amide bonds. The van der Waals surface area contributed by atoms with Gasteiger partial charge in [0, 0.05) is 24.1 Å². The molecule has 0 heterocycles. The highest BCUT2D eigenvalue weighted by molar-refractivity contribution is 6.30. The van der Waals surface area contributed by atoms with E-state index in [1.54, 1.807) is 7.11 Å². The molecule has 2 aromatic carbocycles. The van der Waals surface area contributed by atoms with E-state index in [-0.39, 0.29) is 11.3 Å². The predicted molar refractivity (Wildman–Crippen MR) is 93.7 cm³/mol. The van der Waals surface area contributed by atoms with Crippen LogP contribution in [0.15, 0.2) is 54.6 Å². The summed E-state index contributed by atoms with van der Waals surface area (Å²) in [6.07, 6.45) is -0.605. The Bertz CT molecular complexity index is 655. The lowest BCUT2D eigenvalue weighted by molar-refractivity contribution is -0.131. The number of hydrogen-bond donors (Lipinski definition) is 1. The van der Waals surface area contributed by atoms with E-state index in [0.717, 1.165) is 11.1 Å². The lowest BCUT2D eigenvalue weighted by Gasteiger charge is -2.27. The van der Waals surface area contributed by atoms with Gasteiger partial charge in [-0.3, -0.25) is 4.79 Å². The number of rotatable bonds is 6. The first-order chi connectivity index (χ1) is 10.9. The van der Waals surface area contributed by atoms with Gasteiger partial charge in [0.1, 0.15) is 0 Å². The van der Waals surface area contributed by atoms with Crippen LogP contribution in [0, 0.1) is 0 Å². The van der Waals surface area contributed by atoms with Crippen LogP contribution < -0.4 is 5.32 Å². The Hall–Kier alpha value is -1.84. The van der Waals surface area contributed by atoms with E-state index in [2.05, 4.69) is 19.2 Å². The van der Waals surface area contributed by atoms with Crippen LogP contribution in [0.3, 0.4) is 0 Å². The highest BCUT2D eigenvalue weighted by Crippen LogP contribution is 2.25. The number of ether oxygens (including phenoxy) is 1. The molecule has 0 saturated heterocycles. The average molecular weight is 332 g/mol. The second kappa shape index (κ2) is 7.62. The standard InChI is InChI=1S/C19H22ClNO2/c1-19(2,15-10-7-11-16(20)12-15)13-21-18(22)17(23-3)14-8-5-4-6-9-14/h4-12,17H,13H2,1-3H3,(H,21,22)/t17-/m0/s1. The van der Waals surface area contributed by atoms with Crippen molar-refractivity contribution in [3.8, 4) is 0 Å². The molecule has 4 heteroatoms. The maximum Gasteiger partial charge on any atom is 0.253 e. The minimum absolute atomic E-state index is 0.145. The van der Waals surface area contributed by atoms with Gasteiger partial charge in [-0.2, -0.15) is 0 Å². The third kappa shape index (κ3) is 4.57. The zero-order valence-corrected chi connectivity index (χ0v) is 14.4. The number of hydrogen-bond acceptors (Lipinski definition) is 2. The highest BCUT2D eigenvalue weighted by atomic mass is 35.5. The number of carbonyl (C=O) groups is 1. The van der Waals surface area contributed by atoms with E-state index in [0.29, 0.717) is 11.6 Å². The summed E-state index contributed by atoms with van der Waals surface area (Å²) in [5.74, 6) is -0.145. The van der Waals surface area contributed by atoms with Crippen molar-refractivity contribution in [2.75, 3.05) is 13.7 Å². The van der Waals surface area contributed by atoms with Crippen molar-refractivity contribution >= 4 is 17.5 Å². The highest BCUT2D eigenvalue weighted by Gasteiger charge is 2.25. The summed E-state index contributed by atoms with van der Waals surface area (Å²) in [5, 5.41) is 3.68. The summed E-state index contributed by atoms with van der Waals surface area (Å²) < 4.78 is 5.36. The predicted octanol–water partition coefficient (Wildman–Crippen LogP) is 4.12. The minimum atomic E-state index is -0.605. The fourth-order valence-electron chi connectivity index (χ4n) is 2.43. The van der Waals surface area contributed by atoms with E-state index in [9.17, 15) is 4.79 Å². The van der Waals surface area contributed by atoms with Gasteiger partial charge < -0.3 is 10.1 Å². The molecule has 0 bridgehead atoms. The SMILES string of the molecule is CO[C@H](C(=O)NCC(C)(C)c1cccc(Cl)c1)c1ccccc1. The molecule has 0 aliphatic rings. The van der Waals surface area contributed by atoms with Crippen LogP contribution in [0.1, 0.15) is 31.1 Å². The van der Waals surface area contributed by atoms with Crippen LogP contribution in [0.25, 0.3) is 0 Å². The second-order valence-corrected chi connectivity index (χ2v) is 6.57. The largest absolute Gasteiger partial charge is 0.367 e. The van der Waals surface area contributed by atoms with Gasteiger partial charge in [-0.15, -0.1) is 0 Å². The maximum atomic E-state index is 12.5. The topological polar surface area (TPSA) is 38.3 Å².